The van der Waals surface area contributed by atoms with Crippen molar-refractivity contribution in [2.75, 3.05) is 25.2 Å². The van der Waals surface area contributed by atoms with Crippen molar-refractivity contribution in [1.29, 1.82) is 0 Å². The van der Waals surface area contributed by atoms with Crippen LogP contribution in [0.25, 0.3) is 0 Å². The number of hydrogen-bond donors (Lipinski definition) is 6. The van der Waals surface area contributed by atoms with Crippen LogP contribution < -0.4 is 26.7 Å². The maximum atomic E-state index is 13.4. The second-order valence-corrected chi connectivity index (χ2v) is 13.7. The smallest absolute Gasteiger partial charge is 0.243 e. The van der Waals surface area contributed by atoms with Crippen LogP contribution in [0, 0.1) is 29.6 Å². The fraction of sp³-hybridized carbons (Fsp3) is 0.862. The summed E-state index contributed by atoms with van der Waals surface area (Å²) in [7, 11) is 0. The van der Waals surface area contributed by atoms with E-state index in [9.17, 15) is 24.3 Å². The van der Waals surface area contributed by atoms with Crippen LogP contribution in [0.15, 0.2) is 0 Å². The average molecular weight is 616 g/mol. The molecule has 2 aliphatic heterocycles. The van der Waals surface area contributed by atoms with E-state index in [-0.39, 0.29) is 47.8 Å². The van der Waals surface area contributed by atoms with E-state index < -0.39 is 48.4 Å². The standard InChI is InChI=1S/C29H53N5O7S/c1-15(2)11-20(22(35)12-18(7)25(36)33-23(17(5)6)27(38)30-13-16(3)4)31-26(37)21(14-42-8)32-28(39)24-19-9-10-40-29(19)41-34-24/h15-24,29,34-35H,9-14H2,1-8H3,(H,30,38)(H,31,37)(H,32,39)(H,33,36)/t18-,19-,20+,21+,22+,23+,24+,29+/m1/s1. The van der Waals surface area contributed by atoms with E-state index >= 15 is 0 Å². The molecule has 0 saturated carbocycles. The zero-order valence-electron chi connectivity index (χ0n) is 26.4. The molecule has 8 atom stereocenters. The first-order chi connectivity index (χ1) is 19.7. The Morgan fingerprint density at radius 2 is 1.62 bits per heavy atom. The van der Waals surface area contributed by atoms with Crippen molar-refractivity contribution in [3.63, 3.8) is 0 Å². The number of aliphatic hydroxyl groups excluding tert-OH is 1. The molecule has 242 valence electrons. The number of aliphatic hydroxyl groups is 1. The Labute approximate surface area is 254 Å². The Bertz CT molecular complexity index is 906. The number of ether oxygens (including phenoxy) is 1. The minimum Gasteiger partial charge on any atom is -0.391 e. The number of amides is 4. The number of thioether (sulfide) groups is 1. The fourth-order valence-corrected chi connectivity index (χ4v) is 5.66. The third-order valence-corrected chi connectivity index (χ3v) is 8.23. The summed E-state index contributed by atoms with van der Waals surface area (Å²) in [6.07, 6.45) is 1.61. The van der Waals surface area contributed by atoms with Crippen LogP contribution in [-0.2, 0) is 28.8 Å². The molecule has 2 heterocycles. The van der Waals surface area contributed by atoms with Crippen LogP contribution in [0.5, 0.6) is 0 Å². The molecule has 0 spiro atoms. The minimum atomic E-state index is -1.02. The van der Waals surface area contributed by atoms with Crippen molar-refractivity contribution < 1.29 is 33.9 Å². The zero-order chi connectivity index (χ0) is 31.6. The average Bonchev–Trinajstić information content (AvgIpc) is 3.53. The Morgan fingerprint density at radius 1 is 0.929 bits per heavy atom. The Kier molecular flexibility index (Phi) is 15.0. The van der Waals surface area contributed by atoms with Gasteiger partial charge in [0.2, 0.25) is 23.6 Å². The Balaban J connectivity index is 2.02. The van der Waals surface area contributed by atoms with Crippen LogP contribution >= 0.6 is 11.8 Å². The second-order valence-electron chi connectivity index (χ2n) is 12.7. The summed E-state index contributed by atoms with van der Waals surface area (Å²) in [6.45, 7) is 14.4. The molecule has 2 saturated heterocycles. The summed E-state index contributed by atoms with van der Waals surface area (Å²) in [6, 6.07) is -2.77. The number of nitrogens with one attached hydrogen (secondary N) is 5. The molecule has 0 unspecified atom stereocenters. The van der Waals surface area contributed by atoms with Gasteiger partial charge >= 0.3 is 0 Å². The normalized spacial score (nSPS) is 23.7. The van der Waals surface area contributed by atoms with Crippen LogP contribution in [0.3, 0.4) is 0 Å². The molecule has 2 fully saturated rings. The minimum absolute atomic E-state index is 0.0912. The molecule has 0 bridgehead atoms. The Hall–Kier alpha value is -1.93. The fourth-order valence-electron chi connectivity index (χ4n) is 5.09. The lowest BCUT2D eigenvalue weighted by Crippen LogP contribution is -2.57. The van der Waals surface area contributed by atoms with E-state index in [1.807, 2.05) is 47.8 Å². The lowest BCUT2D eigenvalue weighted by Gasteiger charge is -2.30. The number of rotatable bonds is 17. The highest BCUT2D eigenvalue weighted by molar-refractivity contribution is 7.98. The van der Waals surface area contributed by atoms with Crippen LogP contribution in [0.4, 0.5) is 0 Å². The van der Waals surface area contributed by atoms with Gasteiger partial charge < -0.3 is 31.1 Å². The van der Waals surface area contributed by atoms with Crippen molar-refractivity contribution in [3.8, 4) is 0 Å². The molecule has 2 aliphatic rings. The SMILES string of the molecule is CSC[C@H](NC(=O)[C@H]1NO[C@@H]2OCC[C@@H]21)C(=O)N[C@@H](CC(C)C)[C@@H](O)C[C@@H](C)C(=O)N[C@H](C(=O)NCC(C)C)C(C)C. The molecular formula is C29H53N5O7S. The first-order valence-corrected chi connectivity index (χ1v) is 16.5. The van der Waals surface area contributed by atoms with Crippen molar-refractivity contribution in [1.82, 2.24) is 26.7 Å². The molecule has 0 aliphatic carbocycles. The third-order valence-electron chi connectivity index (χ3n) is 7.56. The molecule has 13 heteroatoms. The largest absolute Gasteiger partial charge is 0.391 e. The third kappa shape index (κ3) is 11.0. The van der Waals surface area contributed by atoms with E-state index in [4.69, 9.17) is 9.57 Å². The van der Waals surface area contributed by atoms with Gasteiger partial charge in [0.15, 0.2) is 6.29 Å². The number of hydrogen-bond acceptors (Lipinski definition) is 9. The molecular weight excluding hydrogens is 562 g/mol. The van der Waals surface area contributed by atoms with Gasteiger partial charge in [-0.15, -0.1) is 0 Å². The molecule has 0 aromatic carbocycles. The molecule has 0 aromatic heterocycles. The molecule has 6 N–H and O–H groups in total. The molecule has 12 nitrogen and oxygen atoms in total. The van der Waals surface area contributed by atoms with Crippen LogP contribution in [0.2, 0.25) is 0 Å². The number of hydroxylamine groups is 1. The first kappa shape index (κ1) is 36.3. The van der Waals surface area contributed by atoms with Gasteiger partial charge in [0, 0.05) is 24.1 Å². The first-order valence-electron chi connectivity index (χ1n) is 15.1. The van der Waals surface area contributed by atoms with E-state index in [1.54, 1.807) is 6.92 Å². The maximum Gasteiger partial charge on any atom is 0.243 e. The van der Waals surface area contributed by atoms with Crippen LogP contribution in [-0.4, -0.2) is 90.5 Å². The molecule has 2 rings (SSSR count). The lowest BCUT2D eigenvalue weighted by atomic mass is 9.91. The number of fused-ring (bicyclic) bond motifs is 1. The molecule has 42 heavy (non-hydrogen) atoms. The van der Waals surface area contributed by atoms with Gasteiger partial charge in [0.1, 0.15) is 18.1 Å². The zero-order valence-corrected chi connectivity index (χ0v) is 27.2. The van der Waals surface area contributed by atoms with Gasteiger partial charge in [-0.2, -0.15) is 17.2 Å². The van der Waals surface area contributed by atoms with E-state index in [2.05, 4.69) is 26.7 Å². The van der Waals surface area contributed by atoms with Crippen LogP contribution in [0.1, 0.15) is 67.7 Å². The van der Waals surface area contributed by atoms with Gasteiger partial charge in [-0.1, -0.05) is 48.5 Å². The van der Waals surface area contributed by atoms with Crippen molar-refractivity contribution in [3.05, 3.63) is 0 Å². The highest BCUT2D eigenvalue weighted by Gasteiger charge is 2.46. The quantitative estimate of drug-likeness (QED) is 0.140. The molecule has 0 radical (unpaired) electrons. The van der Waals surface area contributed by atoms with Gasteiger partial charge in [0.25, 0.3) is 0 Å². The Morgan fingerprint density at radius 3 is 2.21 bits per heavy atom. The topological polar surface area (TPSA) is 167 Å². The summed E-state index contributed by atoms with van der Waals surface area (Å²) in [5, 5.41) is 22.7. The predicted molar refractivity (Wildman–Crippen MR) is 162 cm³/mol. The summed E-state index contributed by atoms with van der Waals surface area (Å²) in [5.41, 5.74) is 2.72. The van der Waals surface area contributed by atoms with Gasteiger partial charge in [-0.05, 0) is 43.3 Å². The summed E-state index contributed by atoms with van der Waals surface area (Å²) >= 11 is 1.42. The lowest BCUT2D eigenvalue weighted by molar-refractivity contribution is -0.135. The van der Waals surface area contributed by atoms with Crippen molar-refractivity contribution in [2.24, 2.45) is 29.6 Å². The second kappa shape index (κ2) is 17.4. The number of carbonyl (C=O) groups excluding carboxylic acids is 4. The number of carbonyl (C=O) groups is 4. The highest BCUT2D eigenvalue weighted by atomic mass is 32.2. The van der Waals surface area contributed by atoms with E-state index in [0.717, 1.165) is 0 Å². The van der Waals surface area contributed by atoms with Crippen molar-refractivity contribution in [2.45, 2.75) is 104 Å². The van der Waals surface area contributed by atoms with Gasteiger partial charge in [-0.3, -0.25) is 24.0 Å². The van der Waals surface area contributed by atoms with Crippen molar-refractivity contribution >= 4 is 35.4 Å². The summed E-state index contributed by atoms with van der Waals surface area (Å²) in [4.78, 5) is 57.5. The summed E-state index contributed by atoms with van der Waals surface area (Å²) in [5.74, 6) is -1.39. The monoisotopic (exact) mass is 615 g/mol. The maximum absolute atomic E-state index is 13.4. The van der Waals surface area contributed by atoms with E-state index in [0.29, 0.717) is 31.7 Å². The molecule has 4 amide bonds. The predicted octanol–water partition coefficient (Wildman–Crippen LogP) is 0.931. The molecule has 0 aromatic rings. The van der Waals surface area contributed by atoms with E-state index in [1.165, 1.54) is 11.8 Å². The van der Waals surface area contributed by atoms with Gasteiger partial charge in [0.05, 0.1) is 18.8 Å². The van der Waals surface area contributed by atoms with Gasteiger partial charge in [-0.25, -0.2) is 0 Å². The highest BCUT2D eigenvalue weighted by Crippen LogP contribution is 2.29. The summed E-state index contributed by atoms with van der Waals surface area (Å²) < 4.78 is 5.46.